The van der Waals surface area contributed by atoms with Gasteiger partial charge in [0.05, 0.1) is 5.27 Å². The average molecular weight is 184 g/mol. The summed E-state index contributed by atoms with van der Waals surface area (Å²) in [6.07, 6.45) is 7.45. The molecule has 0 aromatic carbocycles. The van der Waals surface area contributed by atoms with Crippen molar-refractivity contribution in [1.82, 2.24) is 5.27 Å². The molecule has 0 bridgehead atoms. The number of aromatic nitrogens is 2. The van der Waals surface area contributed by atoms with Crippen molar-refractivity contribution in [3.05, 3.63) is 6.20 Å². The molecule has 1 rings (SSSR count). The van der Waals surface area contributed by atoms with Crippen LogP contribution in [0.3, 0.4) is 0 Å². The van der Waals surface area contributed by atoms with Crippen LogP contribution in [0.25, 0.3) is 0 Å². The number of hydrogen-bond donors (Lipinski definition) is 0. The van der Waals surface area contributed by atoms with Gasteiger partial charge in [-0.25, -0.2) is 0 Å². The van der Waals surface area contributed by atoms with Crippen molar-refractivity contribution in [1.29, 1.82) is 0 Å². The fraction of sp³-hybridized carbons (Fsp3) is 0.778. The van der Waals surface area contributed by atoms with E-state index >= 15 is 0 Å². The molecule has 4 nitrogen and oxygen atoms in total. The van der Waals surface area contributed by atoms with Gasteiger partial charge in [-0.05, 0) is 6.42 Å². The molecule has 0 saturated carbocycles. The summed E-state index contributed by atoms with van der Waals surface area (Å²) >= 11 is 0. The van der Waals surface area contributed by atoms with Gasteiger partial charge in [-0.15, -0.1) is 0 Å². The highest BCUT2D eigenvalue weighted by molar-refractivity contribution is 4.80. The molecule has 0 unspecified atom stereocenters. The molecule has 0 amide bonds. The molecule has 1 heterocycles. The highest BCUT2D eigenvalue weighted by Crippen LogP contribution is 2.02. The van der Waals surface area contributed by atoms with Crippen LogP contribution in [0, 0.1) is 0 Å². The van der Waals surface area contributed by atoms with Gasteiger partial charge in [0.15, 0.2) is 6.54 Å². The SMILES string of the molecule is CCCCCCC[n+]1cc([O-])on1. The van der Waals surface area contributed by atoms with Gasteiger partial charge in [-0.2, -0.15) is 0 Å². The maximum absolute atomic E-state index is 10.6. The first-order chi connectivity index (χ1) is 6.33. The summed E-state index contributed by atoms with van der Waals surface area (Å²) in [5.74, 6) is -0.367. The van der Waals surface area contributed by atoms with Crippen LogP contribution in [0.4, 0.5) is 0 Å². The van der Waals surface area contributed by atoms with Crippen LogP contribution in [0.1, 0.15) is 39.0 Å². The van der Waals surface area contributed by atoms with Crippen molar-refractivity contribution in [3.8, 4) is 5.95 Å². The predicted octanol–water partition coefficient (Wildman–Crippen LogP) is 1.01. The second-order valence-corrected chi connectivity index (χ2v) is 3.20. The lowest BCUT2D eigenvalue weighted by Gasteiger charge is -1.93. The minimum Gasteiger partial charge on any atom is -0.539 e. The summed E-state index contributed by atoms with van der Waals surface area (Å²) in [5, 5.41) is 14.1. The van der Waals surface area contributed by atoms with Crippen molar-refractivity contribution < 1.29 is 14.3 Å². The number of hydrogen-bond acceptors (Lipinski definition) is 3. The van der Waals surface area contributed by atoms with E-state index in [9.17, 15) is 5.11 Å². The van der Waals surface area contributed by atoms with Crippen LogP contribution in [-0.4, -0.2) is 5.27 Å². The molecule has 0 radical (unpaired) electrons. The third kappa shape index (κ3) is 3.92. The Morgan fingerprint density at radius 1 is 1.38 bits per heavy atom. The van der Waals surface area contributed by atoms with Gasteiger partial charge >= 0.3 is 0 Å². The van der Waals surface area contributed by atoms with Crippen LogP contribution in [-0.2, 0) is 6.54 Å². The van der Waals surface area contributed by atoms with E-state index < -0.39 is 0 Å². The Labute approximate surface area is 78.1 Å². The maximum atomic E-state index is 10.6. The zero-order valence-corrected chi connectivity index (χ0v) is 8.03. The smallest absolute Gasteiger partial charge is 0.221 e. The molecular formula is C9H16N2O2. The molecule has 0 aliphatic carbocycles. The number of nitrogens with zero attached hydrogens (tertiary/aromatic N) is 2. The van der Waals surface area contributed by atoms with E-state index in [0.717, 1.165) is 13.0 Å². The standard InChI is InChI=1S/C9H16N2O2/c1-2-3-4-5-6-7-11-8-9(12)13-10-11/h8H,2-7H2,1H3. The molecule has 0 atom stereocenters. The van der Waals surface area contributed by atoms with Crippen molar-refractivity contribution in [2.45, 2.75) is 45.6 Å². The summed E-state index contributed by atoms with van der Waals surface area (Å²) in [6, 6.07) is 0. The van der Waals surface area contributed by atoms with Crippen molar-refractivity contribution in [2.75, 3.05) is 0 Å². The summed E-state index contributed by atoms with van der Waals surface area (Å²) in [7, 11) is 0. The number of unbranched alkanes of at least 4 members (excludes halogenated alkanes) is 4. The van der Waals surface area contributed by atoms with Gasteiger partial charge in [-0.3, -0.25) is 0 Å². The Bertz CT molecular complexity index is 235. The van der Waals surface area contributed by atoms with Gasteiger partial charge in [-0.1, -0.05) is 30.9 Å². The Balaban J connectivity index is 2.06. The molecular weight excluding hydrogens is 168 g/mol. The van der Waals surface area contributed by atoms with Crippen molar-refractivity contribution in [2.24, 2.45) is 0 Å². The van der Waals surface area contributed by atoms with Gasteiger partial charge < -0.3 is 9.63 Å². The van der Waals surface area contributed by atoms with Crippen molar-refractivity contribution >= 4 is 0 Å². The first kappa shape index (κ1) is 10.0. The van der Waals surface area contributed by atoms with E-state index in [-0.39, 0.29) is 5.95 Å². The van der Waals surface area contributed by atoms with Gasteiger partial charge in [0.2, 0.25) is 6.20 Å². The lowest BCUT2D eigenvalue weighted by Crippen LogP contribution is -2.34. The topological polar surface area (TPSA) is 53.0 Å². The monoisotopic (exact) mass is 184 g/mol. The van der Waals surface area contributed by atoms with Crippen molar-refractivity contribution in [3.63, 3.8) is 0 Å². The van der Waals surface area contributed by atoms with Gasteiger partial charge in [0.1, 0.15) is 5.95 Å². The van der Waals surface area contributed by atoms with Crippen LogP contribution >= 0.6 is 0 Å². The Morgan fingerprint density at radius 3 is 2.77 bits per heavy atom. The fourth-order valence-corrected chi connectivity index (χ4v) is 1.24. The third-order valence-electron chi connectivity index (χ3n) is 1.98. The van der Waals surface area contributed by atoms with E-state index in [1.165, 1.54) is 31.9 Å². The quantitative estimate of drug-likeness (QED) is 0.489. The molecule has 0 saturated heterocycles. The lowest BCUT2D eigenvalue weighted by molar-refractivity contribution is -0.762. The second kappa shape index (κ2) is 5.56. The van der Waals surface area contributed by atoms with Gasteiger partial charge in [0.25, 0.3) is 0 Å². The molecule has 0 aliphatic heterocycles. The normalized spacial score (nSPS) is 10.5. The maximum Gasteiger partial charge on any atom is 0.221 e. The second-order valence-electron chi connectivity index (χ2n) is 3.20. The predicted molar refractivity (Wildman–Crippen MR) is 44.9 cm³/mol. The first-order valence-electron chi connectivity index (χ1n) is 4.86. The summed E-state index contributed by atoms with van der Waals surface area (Å²) < 4.78 is 5.96. The Kier molecular flexibility index (Phi) is 4.29. The zero-order valence-electron chi connectivity index (χ0n) is 8.03. The number of rotatable bonds is 6. The molecule has 74 valence electrons. The molecule has 0 spiro atoms. The molecule has 0 N–H and O–H groups in total. The molecule has 0 fully saturated rings. The minimum absolute atomic E-state index is 0.367. The molecule has 1 aromatic rings. The van der Waals surface area contributed by atoms with E-state index in [1.807, 2.05) is 0 Å². The summed E-state index contributed by atoms with van der Waals surface area (Å²) in [4.78, 5) is 0. The lowest BCUT2D eigenvalue weighted by atomic mass is 10.1. The average Bonchev–Trinajstić information content (AvgIpc) is 2.51. The van der Waals surface area contributed by atoms with Crippen LogP contribution in [0.5, 0.6) is 5.95 Å². The largest absolute Gasteiger partial charge is 0.539 e. The van der Waals surface area contributed by atoms with Crippen LogP contribution in [0.2, 0.25) is 0 Å². The van der Waals surface area contributed by atoms with Crippen LogP contribution < -0.4 is 9.79 Å². The van der Waals surface area contributed by atoms with E-state index in [1.54, 1.807) is 4.68 Å². The van der Waals surface area contributed by atoms with E-state index in [2.05, 4.69) is 16.7 Å². The van der Waals surface area contributed by atoms with Gasteiger partial charge in [0, 0.05) is 6.42 Å². The summed E-state index contributed by atoms with van der Waals surface area (Å²) in [6.45, 7) is 2.98. The zero-order chi connectivity index (χ0) is 9.52. The Hall–Kier alpha value is -1.06. The van der Waals surface area contributed by atoms with E-state index in [4.69, 9.17) is 0 Å². The Morgan fingerprint density at radius 2 is 2.15 bits per heavy atom. The molecule has 1 aromatic heterocycles. The first-order valence-corrected chi connectivity index (χ1v) is 4.86. The molecule has 4 heteroatoms. The number of aryl methyl sites for hydroxylation is 1. The minimum atomic E-state index is -0.367. The molecule has 13 heavy (non-hydrogen) atoms. The third-order valence-corrected chi connectivity index (χ3v) is 1.98. The fourth-order valence-electron chi connectivity index (χ4n) is 1.24. The molecule has 0 aliphatic rings. The summed E-state index contributed by atoms with van der Waals surface area (Å²) in [5.41, 5.74) is 0. The highest BCUT2D eigenvalue weighted by atomic mass is 16.6. The van der Waals surface area contributed by atoms with Crippen LogP contribution in [0.15, 0.2) is 10.7 Å². The highest BCUT2D eigenvalue weighted by Gasteiger charge is 2.01. The van der Waals surface area contributed by atoms with E-state index in [0.29, 0.717) is 0 Å².